The van der Waals surface area contributed by atoms with E-state index in [1.807, 2.05) is 0 Å². The molecule has 1 N–H and O–H groups in total. The summed E-state index contributed by atoms with van der Waals surface area (Å²) < 4.78 is 0. The molecule has 0 unspecified atom stereocenters. The molecule has 0 saturated heterocycles. The Bertz CT molecular complexity index is 840. The predicted molar refractivity (Wildman–Crippen MR) is 103 cm³/mol. The van der Waals surface area contributed by atoms with Crippen molar-refractivity contribution in [2.75, 3.05) is 0 Å². The average Bonchev–Trinajstić information content (AvgIpc) is 2.89. The van der Waals surface area contributed by atoms with Crippen molar-refractivity contribution in [2.24, 2.45) is 5.41 Å². The molecule has 2 heteroatoms. The molecule has 0 spiro atoms. The fraction of sp³-hybridized carbons (Fsp3) is 0.409. The third kappa shape index (κ3) is 3.69. The first-order valence-electron chi connectivity index (χ1n) is 8.71. The van der Waals surface area contributed by atoms with Crippen LogP contribution in [-0.4, -0.2) is 9.97 Å². The van der Waals surface area contributed by atoms with Gasteiger partial charge in [0.15, 0.2) is 0 Å². The van der Waals surface area contributed by atoms with Crippen LogP contribution < -0.4 is 0 Å². The summed E-state index contributed by atoms with van der Waals surface area (Å²) in [6, 6.07) is 15.4. The van der Waals surface area contributed by atoms with E-state index in [4.69, 9.17) is 4.98 Å². The van der Waals surface area contributed by atoms with Crippen LogP contribution in [0.5, 0.6) is 0 Å². The molecule has 3 aromatic rings. The Labute approximate surface area is 145 Å². The first-order chi connectivity index (χ1) is 11.1. The van der Waals surface area contributed by atoms with E-state index in [1.54, 1.807) is 0 Å². The molecular weight excluding hydrogens is 292 g/mol. The van der Waals surface area contributed by atoms with Gasteiger partial charge in [-0.2, -0.15) is 0 Å². The molecule has 2 aromatic carbocycles. The van der Waals surface area contributed by atoms with Crippen LogP contribution in [-0.2, 0) is 11.8 Å². The van der Waals surface area contributed by atoms with Crippen LogP contribution in [0.4, 0.5) is 0 Å². The minimum atomic E-state index is 0.0355. The van der Waals surface area contributed by atoms with E-state index in [0.717, 1.165) is 23.3 Å². The topological polar surface area (TPSA) is 28.7 Å². The molecule has 0 aliphatic heterocycles. The zero-order valence-corrected chi connectivity index (χ0v) is 15.7. The number of hydrogen-bond acceptors (Lipinski definition) is 1. The summed E-state index contributed by atoms with van der Waals surface area (Å²) in [4.78, 5) is 8.19. The van der Waals surface area contributed by atoms with E-state index in [1.165, 1.54) is 16.7 Å². The van der Waals surface area contributed by atoms with E-state index in [0.29, 0.717) is 5.41 Å². The highest BCUT2D eigenvalue weighted by Gasteiger charge is 2.18. The minimum Gasteiger partial charge on any atom is -0.342 e. The van der Waals surface area contributed by atoms with Gasteiger partial charge < -0.3 is 4.98 Å². The normalized spacial score (nSPS) is 12.8. The molecule has 0 aliphatic carbocycles. The maximum Gasteiger partial charge on any atom is 0.112 e. The SMILES string of the molecule is CC(C)(C)Cc1ccc(-c2ccc3nc(C(C)(C)C)[nH]c3c2)cc1. The maximum absolute atomic E-state index is 4.72. The first-order valence-corrected chi connectivity index (χ1v) is 8.71. The Morgan fingerprint density at radius 2 is 1.46 bits per heavy atom. The van der Waals surface area contributed by atoms with Gasteiger partial charge in [-0.25, -0.2) is 4.98 Å². The number of fused-ring (bicyclic) bond motifs is 1. The largest absolute Gasteiger partial charge is 0.342 e. The lowest BCUT2D eigenvalue weighted by Gasteiger charge is -2.18. The molecule has 1 aromatic heterocycles. The van der Waals surface area contributed by atoms with Crippen molar-refractivity contribution in [1.29, 1.82) is 0 Å². The Kier molecular flexibility index (Phi) is 4.03. The number of imidazole rings is 1. The predicted octanol–water partition coefficient (Wildman–Crippen LogP) is 6.12. The quantitative estimate of drug-likeness (QED) is 0.605. The van der Waals surface area contributed by atoms with Crippen LogP contribution in [0.3, 0.4) is 0 Å². The van der Waals surface area contributed by atoms with E-state index >= 15 is 0 Å². The zero-order chi connectivity index (χ0) is 17.5. The van der Waals surface area contributed by atoms with E-state index in [9.17, 15) is 0 Å². The number of H-pyrrole nitrogens is 1. The number of aromatic amines is 1. The van der Waals surface area contributed by atoms with Gasteiger partial charge in [0.25, 0.3) is 0 Å². The fourth-order valence-electron chi connectivity index (χ4n) is 2.97. The maximum atomic E-state index is 4.72. The van der Waals surface area contributed by atoms with Crippen LogP contribution >= 0.6 is 0 Å². The third-order valence-corrected chi connectivity index (χ3v) is 4.21. The molecule has 126 valence electrons. The molecule has 0 saturated carbocycles. The highest BCUT2D eigenvalue weighted by Crippen LogP contribution is 2.28. The Morgan fingerprint density at radius 1 is 0.833 bits per heavy atom. The smallest absolute Gasteiger partial charge is 0.112 e. The van der Waals surface area contributed by atoms with Crippen molar-refractivity contribution < 1.29 is 0 Å². The monoisotopic (exact) mass is 320 g/mol. The molecular formula is C22H28N2. The second kappa shape index (κ2) is 5.77. The molecule has 2 nitrogen and oxygen atoms in total. The van der Waals surface area contributed by atoms with Crippen molar-refractivity contribution in [3.8, 4) is 11.1 Å². The average molecular weight is 320 g/mol. The van der Waals surface area contributed by atoms with Crippen molar-refractivity contribution in [3.63, 3.8) is 0 Å². The molecule has 0 bridgehead atoms. The lowest BCUT2D eigenvalue weighted by molar-refractivity contribution is 0.411. The summed E-state index contributed by atoms with van der Waals surface area (Å²) in [7, 11) is 0. The lowest BCUT2D eigenvalue weighted by Crippen LogP contribution is -2.12. The third-order valence-electron chi connectivity index (χ3n) is 4.21. The molecule has 24 heavy (non-hydrogen) atoms. The van der Waals surface area contributed by atoms with Gasteiger partial charge in [-0.15, -0.1) is 0 Å². The van der Waals surface area contributed by atoms with Crippen molar-refractivity contribution in [3.05, 3.63) is 53.9 Å². The van der Waals surface area contributed by atoms with Crippen LogP contribution in [0, 0.1) is 5.41 Å². The van der Waals surface area contributed by atoms with Crippen molar-refractivity contribution in [2.45, 2.75) is 53.4 Å². The first kappa shape index (κ1) is 16.8. The number of nitrogens with one attached hydrogen (secondary N) is 1. The van der Waals surface area contributed by atoms with E-state index < -0.39 is 0 Å². The molecule has 0 amide bonds. The van der Waals surface area contributed by atoms with Gasteiger partial charge in [-0.3, -0.25) is 0 Å². The molecule has 0 aliphatic rings. The van der Waals surface area contributed by atoms with Crippen molar-refractivity contribution in [1.82, 2.24) is 9.97 Å². The number of benzene rings is 2. The van der Waals surface area contributed by atoms with Crippen LogP contribution in [0.15, 0.2) is 42.5 Å². The van der Waals surface area contributed by atoms with E-state index in [2.05, 4.69) is 89.0 Å². The Morgan fingerprint density at radius 3 is 2.04 bits per heavy atom. The summed E-state index contributed by atoms with van der Waals surface area (Å²) in [5.74, 6) is 1.04. The molecule has 1 heterocycles. The van der Waals surface area contributed by atoms with Crippen LogP contribution in [0.25, 0.3) is 22.2 Å². The van der Waals surface area contributed by atoms with Crippen LogP contribution in [0.1, 0.15) is 52.9 Å². The van der Waals surface area contributed by atoms with Gasteiger partial charge in [0.1, 0.15) is 5.82 Å². The zero-order valence-electron chi connectivity index (χ0n) is 15.7. The van der Waals surface area contributed by atoms with Gasteiger partial charge >= 0.3 is 0 Å². The minimum absolute atomic E-state index is 0.0355. The fourth-order valence-corrected chi connectivity index (χ4v) is 2.97. The van der Waals surface area contributed by atoms with Gasteiger partial charge in [-0.05, 0) is 40.7 Å². The number of aromatic nitrogens is 2. The Balaban J connectivity index is 1.92. The van der Waals surface area contributed by atoms with E-state index in [-0.39, 0.29) is 5.41 Å². The van der Waals surface area contributed by atoms with Gasteiger partial charge in [0.2, 0.25) is 0 Å². The molecule has 3 rings (SSSR count). The summed E-state index contributed by atoms with van der Waals surface area (Å²) in [6.45, 7) is 13.4. The number of rotatable bonds is 2. The highest BCUT2D eigenvalue weighted by molar-refractivity contribution is 5.82. The summed E-state index contributed by atoms with van der Waals surface area (Å²) in [5.41, 5.74) is 6.37. The Hall–Kier alpha value is -2.09. The summed E-state index contributed by atoms with van der Waals surface area (Å²) in [6.07, 6.45) is 1.10. The van der Waals surface area contributed by atoms with Gasteiger partial charge in [0, 0.05) is 5.41 Å². The lowest BCUT2D eigenvalue weighted by atomic mass is 9.87. The van der Waals surface area contributed by atoms with Crippen molar-refractivity contribution >= 4 is 11.0 Å². The van der Waals surface area contributed by atoms with Gasteiger partial charge in [-0.1, -0.05) is 71.9 Å². The molecule has 0 fully saturated rings. The number of nitrogens with zero attached hydrogens (tertiary/aromatic N) is 1. The second-order valence-corrected chi connectivity index (χ2v) is 9.00. The highest BCUT2D eigenvalue weighted by atomic mass is 14.9. The summed E-state index contributed by atoms with van der Waals surface area (Å²) >= 11 is 0. The summed E-state index contributed by atoms with van der Waals surface area (Å²) in [5, 5.41) is 0. The molecule has 0 radical (unpaired) electrons. The molecule has 0 atom stereocenters. The van der Waals surface area contributed by atoms with Gasteiger partial charge in [0.05, 0.1) is 11.0 Å². The van der Waals surface area contributed by atoms with Crippen LogP contribution in [0.2, 0.25) is 0 Å². The number of hydrogen-bond donors (Lipinski definition) is 1. The standard InChI is InChI=1S/C22H28N2/c1-21(2,3)14-15-7-9-16(10-8-15)17-11-12-18-19(13-17)24-20(23-18)22(4,5)6/h7-13H,14H2,1-6H3,(H,23,24). The second-order valence-electron chi connectivity index (χ2n) is 9.00.